The maximum atomic E-state index is 4.45. The molecular formula is C17H22N4. The Labute approximate surface area is 125 Å². The van der Waals surface area contributed by atoms with Crippen molar-refractivity contribution in [2.45, 2.75) is 12.6 Å². The van der Waals surface area contributed by atoms with Crippen LogP contribution in [0.1, 0.15) is 5.56 Å². The summed E-state index contributed by atoms with van der Waals surface area (Å²) >= 11 is 0. The molecule has 0 unspecified atom stereocenters. The summed E-state index contributed by atoms with van der Waals surface area (Å²) in [4.78, 5) is 9.63. The molecule has 2 aromatic rings. The smallest absolute Gasteiger partial charge is 0.0705 e. The third-order valence-electron chi connectivity index (χ3n) is 4.74. The summed E-state index contributed by atoms with van der Waals surface area (Å²) in [5.41, 5.74) is 2.51. The third-order valence-corrected chi connectivity index (χ3v) is 4.74. The largest absolute Gasteiger partial charge is 0.314 e. The van der Waals surface area contributed by atoms with Gasteiger partial charge in [-0.1, -0.05) is 18.2 Å². The molecule has 4 rings (SSSR count). The number of likely N-dealkylation sites (tertiary alicyclic amines) is 1. The molecular weight excluding hydrogens is 260 g/mol. The monoisotopic (exact) mass is 282 g/mol. The summed E-state index contributed by atoms with van der Waals surface area (Å²) in [6.45, 7) is 8.16. The van der Waals surface area contributed by atoms with Gasteiger partial charge in [0, 0.05) is 63.4 Å². The van der Waals surface area contributed by atoms with E-state index in [1.165, 1.54) is 37.1 Å². The van der Waals surface area contributed by atoms with Crippen molar-refractivity contribution in [1.29, 1.82) is 0 Å². The van der Waals surface area contributed by atoms with Crippen LogP contribution in [0.4, 0.5) is 0 Å². The molecule has 3 heterocycles. The molecule has 110 valence electrons. The molecule has 2 aliphatic rings. The average Bonchev–Trinajstić information content (AvgIpc) is 2.51. The quantitative estimate of drug-likeness (QED) is 0.920. The molecule has 0 saturated carbocycles. The molecule has 0 amide bonds. The van der Waals surface area contributed by atoms with Crippen molar-refractivity contribution in [1.82, 2.24) is 20.1 Å². The Balaban J connectivity index is 1.41. The average molecular weight is 282 g/mol. The number of aromatic nitrogens is 1. The second kappa shape index (κ2) is 5.72. The highest BCUT2D eigenvalue weighted by atomic mass is 15.3. The highest BCUT2D eigenvalue weighted by Gasteiger charge is 2.32. The van der Waals surface area contributed by atoms with Gasteiger partial charge in [-0.2, -0.15) is 0 Å². The fourth-order valence-corrected chi connectivity index (χ4v) is 3.48. The van der Waals surface area contributed by atoms with Crippen LogP contribution in [0.2, 0.25) is 0 Å². The molecule has 4 heteroatoms. The van der Waals surface area contributed by atoms with Crippen LogP contribution in [0.25, 0.3) is 10.9 Å². The number of nitrogens with one attached hydrogen (secondary N) is 1. The number of rotatable bonds is 3. The van der Waals surface area contributed by atoms with Gasteiger partial charge in [0.05, 0.1) is 5.52 Å². The molecule has 2 aliphatic heterocycles. The van der Waals surface area contributed by atoms with Crippen molar-refractivity contribution in [2.75, 3.05) is 39.3 Å². The number of piperazine rings is 1. The van der Waals surface area contributed by atoms with E-state index in [1.807, 2.05) is 6.20 Å². The van der Waals surface area contributed by atoms with E-state index < -0.39 is 0 Å². The van der Waals surface area contributed by atoms with Gasteiger partial charge in [-0.15, -0.1) is 0 Å². The molecule has 2 saturated heterocycles. The highest BCUT2D eigenvalue weighted by Crippen LogP contribution is 2.22. The first-order valence-electron chi connectivity index (χ1n) is 7.90. The van der Waals surface area contributed by atoms with Gasteiger partial charge < -0.3 is 5.32 Å². The minimum absolute atomic E-state index is 0.764. The summed E-state index contributed by atoms with van der Waals surface area (Å²) in [6, 6.07) is 11.4. The Morgan fingerprint density at radius 3 is 2.76 bits per heavy atom. The minimum atomic E-state index is 0.764. The van der Waals surface area contributed by atoms with Crippen LogP contribution >= 0.6 is 0 Å². The van der Waals surface area contributed by atoms with Crippen LogP contribution in [0, 0.1) is 0 Å². The van der Waals surface area contributed by atoms with Crippen LogP contribution < -0.4 is 5.32 Å². The SMILES string of the molecule is c1ccc2c(CN3CC(N4CCNCC4)C3)ccnc2c1. The minimum Gasteiger partial charge on any atom is -0.314 e. The molecule has 1 aromatic heterocycles. The summed E-state index contributed by atoms with van der Waals surface area (Å²) in [5, 5.41) is 4.72. The van der Waals surface area contributed by atoms with Gasteiger partial charge in [-0.05, 0) is 17.7 Å². The van der Waals surface area contributed by atoms with E-state index in [-0.39, 0.29) is 0 Å². The lowest BCUT2D eigenvalue weighted by molar-refractivity contribution is 0.0225. The van der Waals surface area contributed by atoms with Crippen LogP contribution in [0.15, 0.2) is 36.5 Å². The topological polar surface area (TPSA) is 31.4 Å². The zero-order valence-corrected chi connectivity index (χ0v) is 12.3. The number of pyridine rings is 1. The van der Waals surface area contributed by atoms with E-state index in [9.17, 15) is 0 Å². The molecule has 21 heavy (non-hydrogen) atoms. The summed E-state index contributed by atoms with van der Waals surface area (Å²) in [7, 11) is 0. The standard InChI is InChI=1S/C17H22N4/c1-2-4-17-16(3-1)14(5-6-19-17)11-20-12-15(13-20)21-9-7-18-8-10-21/h1-6,15,18H,7-13H2. The maximum absolute atomic E-state index is 4.45. The Morgan fingerprint density at radius 1 is 1.10 bits per heavy atom. The zero-order valence-electron chi connectivity index (χ0n) is 12.3. The van der Waals surface area contributed by atoms with E-state index >= 15 is 0 Å². The molecule has 0 spiro atoms. The van der Waals surface area contributed by atoms with Crippen molar-refractivity contribution in [2.24, 2.45) is 0 Å². The first kappa shape index (κ1) is 13.2. The van der Waals surface area contributed by atoms with Gasteiger partial charge in [-0.3, -0.25) is 14.8 Å². The molecule has 0 bridgehead atoms. The van der Waals surface area contributed by atoms with Crippen LogP contribution in [0.3, 0.4) is 0 Å². The van der Waals surface area contributed by atoms with Gasteiger partial charge in [0.2, 0.25) is 0 Å². The van der Waals surface area contributed by atoms with Gasteiger partial charge in [0.15, 0.2) is 0 Å². The fraction of sp³-hybridized carbons (Fsp3) is 0.471. The van der Waals surface area contributed by atoms with Crippen molar-refractivity contribution < 1.29 is 0 Å². The van der Waals surface area contributed by atoms with Crippen molar-refractivity contribution in [3.05, 3.63) is 42.1 Å². The number of hydrogen-bond donors (Lipinski definition) is 1. The Hall–Kier alpha value is -1.49. The van der Waals surface area contributed by atoms with Crippen molar-refractivity contribution in [3.8, 4) is 0 Å². The molecule has 0 radical (unpaired) electrons. The van der Waals surface area contributed by atoms with Gasteiger partial charge in [0.1, 0.15) is 0 Å². The van der Waals surface area contributed by atoms with Crippen LogP contribution in [-0.2, 0) is 6.54 Å². The third kappa shape index (κ3) is 2.67. The Morgan fingerprint density at radius 2 is 1.90 bits per heavy atom. The number of nitrogens with zero attached hydrogens (tertiary/aromatic N) is 3. The summed E-state index contributed by atoms with van der Waals surface area (Å²) in [5.74, 6) is 0. The van der Waals surface area contributed by atoms with E-state index in [0.717, 1.165) is 31.2 Å². The molecule has 1 N–H and O–H groups in total. The summed E-state index contributed by atoms with van der Waals surface area (Å²) in [6.07, 6.45) is 1.94. The van der Waals surface area contributed by atoms with Crippen molar-refractivity contribution in [3.63, 3.8) is 0 Å². The number of benzene rings is 1. The predicted octanol–water partition coefficient (Wildman–Crippen LogP) is 1.32. The normalized spacial score (nSPS) is 21.5. The first-order chi connectivity index (χ1) is 10.4. The molecule has 0 aliphatic carbocycles. The van der Waals surface area contributed by atoms with E-state index in [0.29, 0.717) is 0 Å². The van der Waals surface area contributed by atoms with Gasteiger partial charge in [0.25, 0.3) is 0 Å². The number of para-hydroxylation sites is 1. The lowest BCUT2D eigenvalue weighted by Gasteiger charge is -2.47. The maximum Gasteiger partial charge on any atom is 0.0705 e. The van der Waals surface area contributed by atoms with E-state index in [1.54, 1.807) is 0 Å². The van der Waals surface area contributed by atoms with Gasteiger partial charge in [-0.25, -0.2) is 0 Å². The predicted molar refractivity (Wildman–Crippen MR) is 85.3 cm³/mol. The summed E-state index contributed by atoms with van der Waals surface area (Å²) < 4.78 is 0. The number of fused-ring (bicyclic) bond motifs is 1. The highest BCUT2D eigenvalue weighted by molar-refractivity contribution is 5.81. The molecule has 1 aromatic carbocycles. The van der Waals surface area contributed by atoms with Crippen molar-refractivity contribution >= 4 is 10.9 Å². The zero-order chi connectivity index (χ0) is 14.1. The van der Waals surface area contributed by atoms with Crippen LogP contribution in [0.5, 0.6) is 0 Å². The van der Waals surface area contributed by atoms with E-state index in [2.05, 4.69) is 50.4 Å². The Bertz CT molecular complexity index is 610. The first-order valence-corrected chi connectivity index (χ1v) is 7.90. The van der Waals surface area contributed by atoms with E-state index in [4.69, 9.17) is 0 Å². The molecule has 2 fully saturated rings. The fourth-order valence-electron chi connectivity index (χ4n) is 3.48. The Kier molecular flexibility index (Phi) is 3.59. The molecule has 0 atom stereocenters. The van der Waals surface area contributed by atoms with Gasteiger partial charge >= 0.3 is 0 Å². The second-order valence-corrected chi connectivity index (χ2v) is 6.12. The lowest BCUT2D eigenvalue weighted by Crippen LogP contribution is -2.62. The molecule has 4 nitrogen and oxygen atoms in total. The van der Waals surface area contributed by atoms with Crippen LogP contribution in [-0.4, -0.2) is 60.1 Å². The lowest BCUT2D eigenvalue weighted by atomic mass is 10.0. The number of hydrogen-bond acceptors (Lipinski definition) is 4. The second-order valence-electron chi connectivity index (χ2n) is 6.12.